The Morgan fingerprint density at radius 1 is 0.852 bits per heavy atom. The van der Waals surface area contributed by atoms with Gasteiger partial charge in [0, 0.05) is 11.6 Å². The average Bonchev–Trinajstić information content (AvgIpc) is 2.65. The highest BCUT2D eigenvalue weighted by Gasteiger charge is 2.13. The molecule has 136 valence electrons. The van der Waals surface area contributed by atoms with Crippen molar-refractivity contribution in [1.29, 1.82) is 0 Å². The average molecular weight is 402 g/mol. The van der Waals surface area contributed by atoms with Crippen molar-refractivity contribution < 1.29 is 19.4 Å². The lowest BCUT2D eigenvalue weighted by Crippen LogP contribution is -2.14. The van der Waals surface area contributed by atoms with Crippen LogP contribution in [0.1, 0.15) is 20.7 Å². The van der Waals surface area contributed by atoms with E-state index >= 15 is 0 Å². The SMILES string of the molecule is O=C(Nc1ccccc1C(=O)O)c1ccc(Oc2ccc(Cl)c(Cl)c2)cc1. The number of hydrogen-bond acceptors (Lipinski definition) is 3. The van der Waals surface area contributed by atoms with E-state index in [0.717, 1.165) is 0 Å². The van der Waals surface area contributed by atoms with E-state index in [0.29, 0.717) is 27.1 Å². The van der Waals surface area contributed by atoms with Crippen LogP contribution >= 0.6 is 23.2 Å². The Balaban J connectivity index is 1.72. The van der Waals surface area contributed by atoms with Crippen molar-refractivity contribution in [3.05, 3.63) is 87.9 Å². The van der Waals surface area contributed by atoms with Crippen LogP contribution in [0.2, 0.25) is 10.0 Å². The van der Waals surface area contributed by atoms with E-state index in [9.17, 15) is 14.7 Å². The number of carboxylic acids is 1. The van der Waals surface area contributed by atoms with Gasteiger partial charge in [0.25, 0.3) is 5.91 Å². The molecule has 0 saturated carbocycles. The Bertz CT molecular complexity index is 1000. The first-order valence-electron chi connectivity index (χ1n) is 7.80. The van der Waals surface area contributed by atoms with Gasteiger partial charge in [0.1, 0.15) is 11.5 Å². The minimum Gasteiger partial charge on any atom is -0.478 e. The summed E-state index contributed by atoms with van der Waals surface area (Å²) in [4.78, 5) is 23.6. The molecule has 0 saturated heterocycles. The van der Waals surface area contributed by atoms with Crippen LogP contribution in [0.3, 0.4) is 0 Å². The summed E-state index contributed by atoms with van der Waals surface area (Å²) in [6, 6.07) is 17.5. The molecule has 0 fully saturated rings. The quantitative estimate of drug-likeness (QED) is 0.571. The molecule has 0 aliphatic rings. The number of carbonyl (C=O) groups is 2. The Kier molecular flexibility index (Phi) is 5.64. The zero-order valence-electron chi connectivity index (χ0n) is 13.8. The first-order valence-corrected chi connectivity index (χ1v) is 8.56. The summed E-state index contributed by atoms with van der Waals surface area (Å²) in [5.41, 5.74) is 0.605. The summed E-state index contributed by atoms with van der Waals surface area (Å²) in [6.45, 7) is 0. The van der Waals surface area contributed by atoms with Crippen LogP contribution in [0.15, 0.2) is 66.7 Å². The van der Waals surface area contributed by atoms with Crippen LogP contribution in [-0.4, -0.2) is 17.0 Å². The molecule has 0 spiro atoms. The maximum Gasteiger partial charge on any atom is 0.337 e. The lowest BCUT2D eigenvalue weighted by atomic mass is 10.1. The summed E-state index contributed by atoms with van der Waals surface area (Å²) in [5, 5.41) is 12.6. The number of ether oxygens (including phenoxy) is 1. The molecule has 0 radical (unpaired) electrons. The van der Waals surface area contributed by atoms with Crippen LogP contribution in [0.5, 0.6) is 11.5 Å². The third kappa shape index (κ3) is 4.58. The predicted octanol–water partition coefficient (Wildman–Crippen LogP) is 5.74. The fraction of sp³-hybridized carbons (Fsp3) is 0. The minimum atomic E-state index is -1.11. The molecule has 7 heteroatoms. The predicted molar refractivity (Wildman–Crippen MR) is 104 cm³/mol. The molecule has 0 aromatic heterocycles. The monoisotopic (exact) mass is 401 g/mol. The molecule has 3 aromatic carbocycles. The van der Waals surface area contributed by atoms with Crippen LogP contribution in [-0.2, 0) is 0 Å². The van der Waals surface area contributed by atoms with Crippen molar-refractivity contribution in [2.75, 3.05) is 5.32 Å². The van der Waals surface area contributed by atoms with Crippen LogP contribution in [0.4, 0.5) is 5.69 Å². The number of aromatic carboxylic acids is 1. The van der Waals surface area contributed by atoms with Gasteiger partial charge in [-0.15, -0.1) is 0 Å². The lowest BCUT2D eigenvalue weighted by molar-refractivity contribution is 0.0698. The molecule has 0 unspecified atom stereocenters. The topological polar surface area (TPSA) is 75.6 Å². The molecule has 27 heavy (non-hydrogen) atoms. The van der Waals surface area contributed by atoms with Crippen molar-refractivity contribution in [2.45, 2.75) is 0 Å². The summed E-state index contributed by atoms with van der Waals surface area (Å²) in [6.07, 6.45) is 0. The number of benzene rings is 3. The van der Waals surface area contributed by atoms with Crippen molar-refractivity contribution >= 4 is 40.8 Å². The molecule has 3 rings (SSSR count). The Morgan fingerprint density at radius 2 is 1.52 bits per heavy atom. The van der Waals surface area contributed by atoms with E-state index in [-0.39, 0.29) is 11.3 Å². The van der Waals surface area contributed by atoms with Crippen LogP contribution < -0.4 is 10.1 Å². The van der Waals surface area contributed by atoms with Crippen LogP contribution in [0.25, 0.3) is 0 Å². The highest BCUT2D eigenvalue weighted by molar-refractivity contribution is 6.42. The normalized spacial score (nSPS) is 10.3. The standard InChI is InChI=1S/C20H13Cl2NO4/c21-16-10-9-14(11-17(16)22)27-13-7-5-12(6-8-13)19(24)23-18-4-2-1-3-15(18)20(25)26/h1-11H,(H,23,24)(H,25,26). The third-order valence-electron chi connectivity index (χ3n) is 3.65. The maximum atomic E-state index is 12.4. The van der Waals surface area contributed by atoms with Gasteiger partial charge in [-0.3, -0.25) is 4.79 Å². The van der Waals surface area contributed by atoms with E-state index in [2.05, 4.69) is 5.32 Å². The number of para-hydroxylation sites is 1. The molecule has 0 atom stereocenters. The van der Waals surface area contributed by atoms with E-state index in [1.807, 2.05) is 0 Å². The fourth-order valence-electron chi connectivity index (χ4n) is 2.32. The third-order valence-corrected chi connectivity index (χ3v) is 4.39. The second-order valence-electron chi connectivity index (χ2n) is 5.51. The Labute approximate surface area is 165 Å². The van der Waals surface area contributed by atoms with Gasteiger partial charge in [0.05, 0.1) is 21.3 Å². The lowest BCUT2D eigenvalue weighted by Gasteiger charge is -2.10. The first kappa shape index (κ1) is 18.8. The molecule has 0 bridgehead atoms. The second kappa shape index (κ2) is 8.12. The molecule has 5 nitrogen and oxygen atoms in total. The minimum absolute atomic E-state index is 0.0189. The van der Waals surface area contributed by atoms with Crippen molar-refractivity contribution in [3.63, 3.8) is 0 Å². The van der Waals surface area contributed by atoms with E-state index < -0.39 is 11.9 Å². The number of anilines is 1. The highest BCUT2D eigenvalue weighted by atomic mass is 35.5. The zero-order valence-corrected chi connectivity index (χ0v) is 15.3. The summed E-state index contributed by atoms with van der Waals surface area (Å²) in [7, 11) is 0. The molecule has 1 amide bonds. The summed E-state index contributed by atoms with van der Waals surface area (Å²) in [5.74, 6) is -0.520. The summed E-state index contributed by atoms with van der Waals surface area (Å²) < 4.78 is 5.67. The van der Waals surface area contributed by atoms with Gasteiger partial charge < -0.3 is 15.2 Å². The number of halogens is 2. The number of rotatable bonds is 5. The summed E-state index contributed by atoms with van der Waals surface area (Å²) >= 11 is 11.8. The molecular formula is C20H13Cl2NO4. The Hall–Kier alpha value is -3.02. The molecule has 0 aliphatic carbocycles. The number of nitrogens with one attached hydrogen (secondary N) is 1. The van der Waals surface area contributed by atoms with Gasteiger partial charge in [0.15, 0.2) is 0 Å². The highest BCUT2D eigenvalue weighted by Crippen LogP contribution is 2.29. The van der Waals surface area contributed by atoms with Gasteiger partial charge >= 0.3 is 5.97 Å². The number of carboxylic acid groups (broad SMARTS) is 1. The largest absolute Gasteiger partial charge is 0.478 e. The molecule has 3 aromatic rings. The van der Waals surface area contributed by atoms with E-state index in [4.69, 9.17) is 27.9 Å². The van der Waals surface area contributed by atoms with E-state index in [1.165, 1.54) is 12.1 Å². The number of hydrogen-bond donors (Lipinski definition) is 2. The number of amides is 1. The molecular weight excluding hydrogens is 389 g/mol. The van der Waals surface area contributed by atoms with Crippen molar-refractivity contribution in [1.82, 2.24) is 0 Å². The van der Waals surface area contributed by atoms with Gasteiger partial charge in [-0.25, -0.2) is 4.79 Å². The molecule has 0 aliphatic heterocycles. The zero-order chi connectivity index (χ0) is 19.4. The fourth-order valence-corrected chi connectivity index (χ4v) is 2.61. The van der Waals surface area contributed by atoms with Gasteiger partial charge in [-0.2, -0.15) is 0 Å². The molecule has 2 N–H and O–H groups in total. The Morgan fingerprint density at radius 3 is 2.19 bits per heavy atom. The van der Waals surface area contributed by atoms with Crippen molar-refractivity contribution in [2.24, 2.45) is 0 Å². The second-order valence-corrected chi connectivity index (χ2v) is 6.32. The van der Waals surface area contributed by atoms with Gasteiger partial charge in [-0.1, -0.05) is 35.3 Å². The maximum absolute atomic E-state index is 12.4. The van der Waals surface area contributed by atoms with Gasteiger partial charge in [-0.05, 0) is 48.5 Å². The number of carbonyl (C=O) groups excluding carboxylic acids is 1. The van der Waals surface area contributed by atoms with E-state index in [1.54, 1.807) is 54.6 Å². The smallest absolute Gasteiger partial charge is 0.337 e. The van der Waals surface area contributed by atoms with Crippen LogP contribution in [0, 0.1) is 0 Å². The van der Waals surface area contributed by atoms with Crippen molar-refractivity contribution in [3.8, 4) is 11.5 Å². The molecule has 0 heterocycles. The first-order chi connectivity index (χ1) is 12.9. The van der Waals surface area contributed by atoms with Gasteiger partial charge in [0.2, 0.25) is 0 Å².